The molecule has 0 heterocycles. The molecule has 1 unspecified atom stereocenters. The summed E-state index contributed by atoms with van der Waals surface area (Å²) in [5.74, 6) is 0. The predicted octanol–water partition coefficient (Wildman–Crippen LogP) is 0.662. The van der Waals surface area contributed by atoms with Crippen LogP contribution in [-0.4, -0.2) is 17.8 Å². The Balaban J connectivity index is 3.15. The summed E-state index contributed by atoms with van der Waals surface area (Å²) in [6, 6.07) is 0. The summed E-state index contributed by atoms with van der Waals surface area (Å²) in [6.07, 6.45) is 5.13. The molecule has 0 aromatic heterocycles. The van der Waals surface area contributed by atoms with Crippen molar-refractivity contribution >= 4 is 0 Å². The molecule has 0 rings (SSSR count). The monoisotopic (exact) mass is 129 g/mol. The second-order valence-corrected chi connectivity index (χ2v) is 2.00. The van der Waals surface area contributed by atoms with Crippen LogP contribution in [0.25, 0.3) is 0 Å². The molecule has 2 nitrogen and oxygen atoms in total. The highest BCUT2D eigenvalue weighted by Crippen LogP contribution is 1.96. The van der Waals surface area contributed by atoms with Crippen LogP contribution < -0.4 is 5.73 Å². The van der Waals surface area contributed by atoms with Crippen molar-refractivity contribution in [2.24, 2.45) is 5.73 Å². The Hall–Kier alpha value is -0.340. The highest BCUT2D eigenvalue weighted by atomic mass is 16.3. The second-order valence-electron chi connectivity index (χ2n) is 2.00. The van der Waals surface area contributed by atoms with Crippen LogP contribution in [0.1, 0.15) is 19.8 Å². The Kier molecular flexibility index (Phi) is 5.57. The minimum absolute atomic E-state index is 0.187. The molecule has 0 aliphatic heterocycles. The van der Waals surface area contributed by atoms with Gasteiger partial charge >= 0.3 is 0 Å². The third kappa shape index (κ3) is 5.53. The van der Waals surface area contributed by atoms with Crippen LogP contribution in [0.3, 0.4) is 0 Å². The van der Waals surface area contributed by atoms with Crippen LogP contribution in [-0.2, 0) is 0 Å². The van der Waals surface area contributed by atoms with E-state index in [4.69, 9.17) is 10.8 Å². The molecular weight excluding hydrogens is 114 g/mol. The van der Waals surface area contributed by atoms with Crippen molar-refractivity contribution < 1.29 is 5.11 Å². The highest BCUT2D eigenvalue weighted by Gasteiger charge is 1.93. The van der Waals surface area contributed by atoms with Crippen LogP contribution in [0.4, 0.5) is 0 Å². The van der Waals surface area contributed by atoms with E-state index in [-0.39, 0.29) is 6.10 Å². The molecule has 54 valence electrons. The predicted molar refractivity (Wildman–Crippen MR) is 39.1 cm³/mol. The van der Waals surface area contributed by atoms with Crippen molar-refractivity contribution in [1.29, 1.82) is 0 Å². The van der Waals surface area contributed by atoms with Gasteiger partial charge in [-0.15, -0.1) is 0 Å². The molecule has 0 saturated heterocycles. The minimum atomic E-state index is -0.187. The number of aliphatic hydroxyl groups excluding tert-OH is 1. The van der Waals surface area contributed by atoms with Crippen molar-refractivity contribution in [3.05, 3.63) is 12.2 Å². The van der Waals surface area contributed by atoms with Gasteiger partial charge in [0.25, 0.3) is 0 Å². The fraction of sp³-hybridized carbons (Fsp3) is 0.714. The summed E-state index contributed by atoms with van der Waals surface area (Å²) in [5.41, 5.74) is 5.19. The molecular formula is C7H15NO. The van der Waals surface area contributed by atoms with Crippen LogP contribution in [0.15, 0.2) is 12.2 Å². The molecule has 9 heavy (non-hydrogen) atoms. The van der Waals surface area contributed by atoms with Crippen molar-refractivity contribution in [1.82, 2.24) is 0 Å². The topological polar surface area (TPSA) is 46.2 Å². The standard InChI is InChI=1S/C7H15NO/c1-2-7(9)5-3-4-6-8/h3-4,7,9H,2,5-6,8H2,1H3. The van der Waals surface area contributed by atoms with E-state index in [1.165, 1.54) is 0 Å². The normalized spacial score (nSPS) is 14.6. The molecule has 0 radical (unpaired) electrons. The van der Waals surface area contributed by atoms with E-state index >= 15 is 0 Å². The van der Waals surface area contributed by atoms with Crippen molar-refractivity contribution in [3.8, 4) is 0 Å². The first-order chi connectivity index (χ1) is 4.31. The molecule has 0 aromatic carbocycles. The smallest absolute Gasteiger partial charge is 0.0572 e. The fourth-order valence-electron chi connectivity index (χ4n) is 0.516. The van der Waals surface area contributed by atoms with Crippen LogP contribution in [0, 0.1) is 0 Å². The maximum atomic E-state index is 8.99. The SMILES string of the molecule is CCC(O)CC=CCN. The van der Waals surface area contributed by atoms with Gasteiger partial charge in [-0.05, 0) is 12.8 Å². The molecule has 0 spiro atoms. The maximum absolute atomic E-state index is 8.99. The third-order valence-corrected chi connectivity index (χ3v) is 1.18. The molecule has 1 atom stereocenters. The number of rotatable bonds is 4. The number of hydrogen-bond acceptors (Lipinski definition) is 2. The Morgan fingerprint density at radius 2 is 2.22 bits per heavy atom. The van der Waals surface area contributed by atoms with Gasteiger partial charge in [-0.3, -0.25) is 0 Å². The Morgan fingerprint density at radius 1 is 1.56 bits per heavy atom. The fourth-order valence-corrected chi connectivity index (χ4v) is 0.516. The molecule has 0 aliphatic rings. The first-order valence-electron chi connectivity index (χ1n) is 3.34. The average Bonchev–Trinajstić information content (AvgIpc) is 1.89. The zero-order valence-electron chi connectivity index (χ0n) is 5.88. The van der Waals surface area contributed by atoms with E-state index in [1.807, 2.05) is 19.1 Å². The van der Waals surface area contributed by atoms with Gasteiger partial charge in [-0.2, -0.15) is 0 Å². The van der Waals surface area contributed by atoms with Gasteiger partial charge in [0.15, 0.2) is 0 Å². The summed E-state index contributed by atoms with van der Waals surface area (Å²) in [6.45, 7) is 2.53. The first kappa shape index (κ1) is 8.66. The van der Waals surface area contributed by atoms with E-state index in [0.717, 1.165) is 12.8 Å². The summed E-state index contributed by atoms with van der Waals surface area (Å²) in [4.78, 5) is 0. The number of aliphatic hydroxyl groups is 1. The summed E-state index contributed by atoms with van der Waals surface area (Å²) >= 11 is 0. The quantitative estimate of drug-likeness (QED) is 0.548. The number of nitrogens with two attached hydrogens (primary N) is 1. The van der Waals surface area contributed by atoms with Crippen LogP contribution in [0.5, 0.6) is 0 Å². The molecule has 0 aliphatic carbocycles. The van der Waals surface area contributed by atoms with Crippen molar-refractivity contribution in [2.45, 2.75) is 25.9 Å². The molecule has 0 aromatic rings. The zero-order chi connectivity index (χ0) is 7.11. The summed E-state index contributed by atoms with van der Waals surface area (Å²) < 4.78 is 0. The zero-order valence-corrected chi connectivity index (χ0v) is 5.88. The lowest BCUT2D eigenvalue weighted by Crippen LogP contribution is -2.02. The van der Waals surface area contributed by atoms with E-state index in [1.54, 1.807) is 0 Å². The average molecular weight is 129 g/mol. The largest absolute Gasteiger partial charge is 0.393 e. The lowest BCUT2D eigenvalue weighted by Gasteiger charge is -2.00. The highest BCUT2D eigenvalue weighted by molar-refractivity contribution is 4.84. The van der Waals surface area contributed by atoms with Gasteiger partial charge in [-0.25, -0.2) is 0 Å². The molecule has 2 heteroatoms. The summed E-state index contributed by atoms with van der Waals surface area (Å²) in [7, 11) is 0. The molecule has 0 bridgehead atoms. The van der Waals surface area contributed by atoms with Gasteiger partial charge in [0.05, 0.1) is 6.10 Å². The van der Waals surface area contributed by atoms with Gasteiger partial charge in [0.2, 0.25) is 0 Å². The van der Waals surface area contributed by atoms with Gasteiger partial charge < -0.3 is 10.8 Å². The molecule has 0 amide bonds. The third-order valence-electron chi connectivity index (χ3n) is 1.18. The molecule has 3 N–H and O–H groups in total. The minimum Gasteiger partial charge on any atom is -0.393 e. The number of hydrogen-bond donors (Lipinski definition) is 2. The van der Waals surface area contributed by atoms with E-state index in [9.17, 15) is 0 Å². The second kappa shape index (κ2) is 5.79. The Bertz CT molecular complexity index is 81.0. The Labute approximate surface area is 56.4 Å². The first-order valence-corrected chi connectivity index (χ1v) is 3.34. The van der Waals surface area contributed by atoms with E-state index in [2.05, 4.69) is 0 Å². The lowest BCUT2D eigenvalue weighted by atomic mass is 10.2. The van der Waals surface area contributed by atoms with Crippen LogP contribution >= 0.6 is 0 Å². The van der Waals surface area contributed by atoms with E-state index in [0.29, 0.717) is 6.54 Å². The van der Waals surface area contributed by atoms with Crippen molar-refractivity contribution in [3.63, 3.8) is 0 Å². The van der Waals surface area contributed by atoms with Gasteiger partial charge in [-0.1, -0.05) is 19.1 Å². The van der Waals surface area contributed by atoms with Gasteiger partial charge in [0, 0.05) is 6.54 Å². The Morgan fingerprint density at radius 3 is 2.67 bits per heavy atom. The lowest BCUT2D eigenvalue weighted by molar-refractivity contribution is 0.173. The maximum Gasteiger partial charge on any atom is 0.0572 e. The van der Waals surface area contributed by atoms with E-state index < -0.39 is 0 Å². The van der Waals surface area contributed by atoms with Crippen molar-refractivity contribution in [2.75, 3.05) is 6.54 Å². The van der Waals surface area contributed by atoms with Gasteiger partial charge in [0.1, 0.15) is 0 Å². The summed E-state index contributed by atoms with van der Waals surface area (Å²) in [5, 5.41) is 8.99. The van der Waals surface area contributed by atoms with Crippen LogP contribution in [0.2, 0.25) is 0 Å². The molecule has 0 fully saturated rings. The molecule has 0 saturated carbocycles.